The number of phenolic OH excluding ortho intramolecular Hbond substituents is 1. The van der Waals surface area contributed by atoms with Crippen LogP contribution in [0.1, 0.15) is 21.5 Å². The Kier molecular flexibility index (Phi) is 5.37. The number of aryl methyl sites for hydroxylation is 1. The van der Waals surface area contributed by atoms with Crippen LogP contribution < -0.4 is 11.0 Å². The fourth-order valence-electron chi connectivity index (χ4n) is 2.57. The molecule has 3 aromatic rings. The van der Waals surface area contributed by atoms with Crippen LogP contribution in [0, 0.1) is 11.7 Å². The molecule has 0 aliphatic carbocycles. The lowest BCUT2D eigenvalue weighted by molar-refractivity contribution is 0.0952. The lowest BCUT2D eigenvalue weighted by Crippen LogP contribution is -2.21. The number of benzene rings is 2. The third kappa shape index (κ3) is 3.69. The first-order valence-corrected chi connectivity index (χ1v) is 8.56. The Morgan fingerprint density at radius 1 is 1.18 bits per heavy atom. The third-order valence-electron chi connectivity index (χ3n) is 3.99. The van der Waals surface area contributed by atoms with Crippen molar-refractivity contribution < 1.29 is 15.0 Å². The fraction of sp³-hybridized carbons (Fsp3) is 0.0526. The summed E-state index contributed by atoms with van der Waals surface area (Å²) < 4.78 is 1.32. The van der Waals surface area contributed by atoms with Gasteiger partial charge in [0.05, 0.1) is 17.5 Å². The van der Waals surface area contributed by atoms with E-state index in [1.807, 2.05) is 19.1 Å². The molecular weight excluding hydrogens is 380 g/mol. The van der Waals surface area contributed by atoms with Crippen molar-refractivity contribution in [2.75, 3.05) is 0 Å². The molecule has 0 saturated heterocycles. The maximum Gasteiger partial charge on any atom is 0.275 e. The number of rotatable bonds is 4. The molecule has 0 bridgehead atoms. The van der Waals surface area contributed by atoms with Crippen LogP contribution in [-0.4, -0.2) is 31.9 Å². The number of hydrazone groups is 1. The lowest BCUT2D eigenvalue weighted by Gasteiger charge is -2.13. The van der Waals surface area contributed by atoms with Gasteiger partial charge in [-0.05, 0) is 42.9 Å². The normalized spacial score (nSPS) is 10.9. The van der Waals surface area contributed by atoms with Crippen LogP contribution in [0.2, 0.25) is 0 Å². The molecule has 9 heteroatoms. The number of hydrogen-bond acceptors (Lipinski definition) is 6. The SMILES string of the molecule is Cc1ccccc1-n1c(O)c(/C=N\NC(=O)c2ccccc2O)c(=O)[nH]c1=S. The van der Waals surface area contributed by atoms with Crippen molar-refractivity contribution in [3.8, 4) is 17.3 Å². The zero-order valence-electron chi connectivity index (χ0n) is 14.7. The Labute approximate surface area is 164 Å². The summed E-state index contributed by atoms with van der Waals surface area (Å²) >= 11 is 5.17. The van der Waals surface area contributed by atoms with Crippen LogP contribution in [0.3, 0.4) is 0 Å². The molecule has 0 atom stereocenters. The second-order valence-corrected chi connectivity index (χ2v) is 6.22. The molecule has 0 saturated carbocycles. The monoisotopic (exact) mass is 396 g/mol. The molecule has 3 rings (SSSR count). The molecule has 1 aromatic heterocycles. The highest BCUT2D eigenvalue weighted by molar-refractivity contribution is 7.71. The summed E-state index contributed by atoms with van der Waals surface area (Å²) in [5, 5.41) is 24.0. The summed E-state index contributed by atoms with van der Waals surface area (Å²) in [7, 11) is 0. The van der Waals surface area contributed by atoms with Gasteiger partial charge in [-0.15, -0.1) is 0 Å². The molecule has 142 valence electrons. The number of H-pyrrole nitrogens is 1. The Balaban J connectivity index is 1.96. The second-order valence-electron chi connectivity index (χ2n) is 5.83. The number of hydrogen-bond donors (Lipinski definition) is 4. The van der Waals surface area contributed by atoms with E-state index in [9.17, 15) is 19.8 Å². The summed E-state index contributed by atoms with van der Waals surface area (Å²) in [6.07, 6.45) is 1.01. The number of aromatic amines is 1. The van der Waals surface area contributed by atoms with Gasteiger partial charge in [0, 0.05) is 0 Å². The molecular formula is C19H16N4O4S. The van der Waals surface area contributed by atoms with Gasteiger partial charge in [0.2, 0.25) is 5.88 Å². The zero-order valence-corrected chi connectivity index (χ0v) is 15.5. The molecule has 0 aliphatic heterocycles. The van der Waals surface area contributed by atoms with Gasteiger partial charge < -0.3 is 10.2 Å². The van der Waals surface area contributed by atoms with Crippen LogP contribution >= 0.6 is 12.2 Å². The first-order valence-electron chi connectivity index (χ1n) is 8.16. The zero-order chi connectivity index (χ0) is 20.3. The van der Waals surface area contributed by atoms with Crippen LogP contribution in [0.25, 0.3) is 5.69 Å². The van der Waals surface area contributed by atoms with E-state index in [2.05, 4.69) is 15.5 Å². The first-order chi connectivity index (χ1) is 13.4. The van der Waals surface area contributed by atoms with E-state index in [4.69, 9.17) is 12.2 Å². The van der Waals surface area contributed by atoms with Gasteiger partial charge in [-0.1, -0.05) is 30.3 Å². The third-order valence-corrected chi connectivity index (χ3v) is 4.27. The minimum Gasteiger partial charge on any atom is -0.507 e. The standard InChI is InChI=1S/C19H16N4O4S/c1-11-6-2-4-8-14(11)23-18(27)13(16(25)21-19(23)28)10-20-22-17(26)12-7-3-5-9-15(12)24/h2-10,24,27H,1H3,(H,22,26)(H,21,25,28)/b20-10-. The summed E-state index contributed by atoms with van der Waals surface area (Å²) in [5.41, 5.74) is 2.80. The number of para-hydroxylation sites is 2. The molecule has 0 spiro atoms. The van der Waals surface area contributed by atoms with Gasteiger partial charge in [0.1, 0.15) is 11.3 Å². The average Bonchev–Trinajstić information content (AvgIpc) is 2.66. The van der Waals surface area contributed by atoms with Gasteiger partial charge in [0.15, 0.2) is 4.77 Å². The van der Waals surface area contributed by atoms with Gasteiger partial charge in [-0.3, -0.25) is 19.1 Å². The number of phenols is 1. The van der Waals surface area contributed by atoms with Crippen molar-refractivity contribution in [1.82, 2.24) is 15.0 Å². The lowest BCUT2D eigenvalue weighted by atomic mass is 10.2. The van der Waals surface area contributed by atoms with Gasteiger partial charge in [-0.2, -0.15) is 5.10 Å². The van der Waals surface area contributed by atoms with Crippen molar-refractivity contribution in [3.05, 3.63) is 80.3 Å². The van der Waals surface area contributed by atoms with Gasteiger partial charge in [0.25, 0.3) is 11.5 Å². The molecule has 0 unspecified atom stereocenters. The van der Waals surface area contributed by atoms with Crippen LogP contribution in [0.15, 0.2) is 58.4 Å². The highest BCUT2D eigenvalue weighted by Crippen LogP contribution is 2.21. The maximum atomic E-state index is 12.2. The van der Waals surface area contributed by atoms with Crippen molar-refractivity contribution >= 4 is 24.3 Å². The Bertz CT molecular complexity index is 1200. The Morgan fingerprint density at radius 2 is 1.86 bits per heavy atom. The van der Waals surface area contributed by atoms with Gasteiger partial charge in [-0.25, -0.2) is 5.43 Å². The maximum absolute atomic E-state index is 12.2. The number of aromatic hydroxyl groups is 2. The topological polar surface area (TPSA) is 120 Å². The molecule has 8 nitrogen and oxygen atoms in total. The molecule has 1 heterocycles. The van der Waals surface area contributed by atoms with Crippen molar-refractivity contribution in [3.63, 3.8) is 0 Å². The first kappa shape index (κ1) is 19.1. The van der Waals surface area contributed by atoms with Gasteiger partial charge >= 0.3 is 0 Å². The largest absolute Gasteiger partial charge is 0.507 e. The van der Waals surface area contributed by atoms with E-state index in [0.29, 0.717) is 5.69 Å². The fourth-order valence-corrected chi connectivity index (χ4v) is 2.85. The highest BCUT2D eigenvalue weighted by atomic mass is 32.1. The van der Waals surface area contributed by atoms with E-state index in [0.717, 1.165) is 11.8 Å². The Morgan fingerprint density at radius 3 is 2.57 bits per heavy atom. The van der Waals surface area contributed by atoms with Crippen LogP contribution in [-0.2, 0) is 0 Å². The number of amides is 1. The molecule has 2 aromatic carbocycles. The summed E-state index contributed by atoms with van der Waals surface area (Å²) in [6.45, 7) is 1.84. The van der Waals surface area contributed by atoms with E-state index in [1.165, 1.54) is 16.7 Å². The van der Waals surface area contributed by atoms with E-state index >= 15 is 0 Å². The van der Waals surface area contributed by atoms with Crippen LogP contribution in [0.4, 0.5) is 0 Å². The summed E-state index contributed by atoms with van der Waals surface area (Å²) in [5.74, 6) is -1.29. The molecule has 0 fully saturated rings. The Hall–Kier alpha value is -3.72. The smallest absolute Gasteiger partial charge is 0.275 e. The van der Waals surface area contributed by atoms with E-state index in [1.54, 1.807) is 24.3 Å². The molecule has 1 amide bonds. The highest BCUT2D eigenvalue weighted by Gasteiger charge is 2.14. The van der Waals surface area contributed by atoms with Crippen molar-refractivity contribution in [1.29, 1.82) is 0 Å². The van der Waals surface area contributed by atoms with Crippen LogP contribution in [0.5, 0.6) is 11.6 Å². The average molecular weight is 396 g/mol. The summed E-state index contributed by atoms with van der Waals surface area (Å²) in [4.78, 5) is 26.7. The molecule has 28 heavy (non-hydrogen) atoms. The number of nitrogens with one attached hydrogen (secondary N) is 2. The minimum atomic E-state index is -0.670. The molecule has 4 N–H and O–H groups in total. The quantitative estimate of drug-likeness (QED) is 0.307. The number of carbonyl (C=O) groups is 1. The summed E-state index contributed by atoms with van der Waals surface area (Å²) in [6, 6.07) is 13.1. The second kappa shape index (κ2) is 7.89. The number of carbonyl (C=O) groups excluding carboxylic acids is 1. The van der Waals surface area contributed by atoms with Crippen molar-refractivity contribution in [2.24, 2.45) is 5.10 Å². The predicted molar refractivity (Wildman–Crippen MR) is 107 cm³/mol. The molecule has 0 aliphatic rings. The van der Waals surface area contributed by atoms with E-state index in [-0.39, 0.29) is 21.6 Å². The number of nitrogens with zero attached hydrogens (tertiary/aromatic N) is 2. The van der Waals surface area contributed by atoms with Crippen molar-refractivity contribution in [2.45, 2.75) is 6.92 Å². The minimum absolute atomic E-state index is 0.0205. The number of aromatic nitrogens is 2. The van der Waals surface area contributed by atoms with E-state index < -0.39 is 17.3 Å². The predicted octanol–water partition coefficient (Wildman–Crippen LogP) is 2.38. The molecule has 0 radical (unpaired) electrons.